The van der Waals surface area contributed by atoms with Crippen LogP contribution in [0.4, 0.5) is 5.69 Å². The first kappa shape index (κ1) is 22.1. The van der Waals surface area contributed by atoms with Crippen LogP contribution in [0, 0.1) is 6.92 Å². The van der Waals surface area contributed by atoms with Crippen molar-refractivity contribution in [1.82, 2.24) is 4.98 Å². The first-order valence-corrected chi connectivity index (χ1v) is 11.3. The number of amides is 1. The Bertz CT molecular complexity index is 1300. The Kier molecular flexibility index (Phi) is 6.33. The van der Waals surface area contributed by atoms with Crippen molar-refractivity contribution in [2.75, 3.05) is 12.4 Å². The Morgan fingerprint density at radius 2 is 2.00 bits per heavy atom. The molecule has 0 saturated heterocycles. The van der Waals surface area contributed by atoms with E-state index >= 15 is 0 Å². The number of ether oxygens (including phenoxy) is 1. The number of carbonyl (C=O) groups excluding carboxylic acids is 1. The zero-order valence-electron chi connectivity index (χ0n) is 18.5. The molecule has 1 unspecified atom stereocenters. The van der Waals surface area contributed by atoms with Crippen molar-refractivity contribution < 1.29 is 13.9 Å². The number of anilines is 1. The lowest BCUT2D eigenvalue weighted by molar-refractivity contribution is 0.102. The molecule has 3 aromatic carbocycles. The van der Waals surface area contributed by atoms with Crippen molar-refractivity contribution in [1.29, 1.82) is 0 Å². The normalized spacial score (nSPS) is 12.0. The van der Waals surface area contributed by atoms with E-state index in [0.29, 0.717) is 28.8 Å². The number of oxazole rings is 1. The molecule has 5 nitrogen and oxygen atoms in total. The predicted octanol–water partition coefficient (Wildman–Crippen LogP) is 7.34. The van der Waals surface area contributed by atoms with E-state index in [1.807, 2.05) is 43.3 Å². The molecule has 0 fully saturated rings. The Morgan fingerprint density at radius 3 is 2.75 bits per heavy atom. The van der Waals surface area contributed by atoms with E-state index in [2.05, 4.69) is 52.2 Å². The maximum absolute atomic E-state index is 13.0. The van der Waals surface area contributed by atoms with Crippen molar-refractivity contribution in [3.05, 3.63) is 75.8 Å². The first-order valence-electron chi connectivity index (χ1n) is 10.6. The molecule has 0 saturated carbocycles. The second-order valence-electron chi connectivity index (χ2n) is 7.89. The topological polar surface area (TPSA) is 64.4 Å². The van der Waals surface area contributed by atoms with Crippen LogP contribution < -0.4 is 10.1 Å². The monoisotopic (exact) mass is 492 g/mol. The molecule has 32 heavy (non-hydrogen) atoms. The van der Waals surface area contributed by atoms with Crippen LogP contribution in [-0.4, -0.2) is 18.0 Å². The van der Waals surface area contributed by atoms with E-state index < -0.39 is 0 Å². The van der Waals surface area contributed by atoms with Crippen molar-refractivity contribution in [2.45, 2.75) is 33.1 Å². The number of nitrogens with zero attached hydrogens (tertiary/aromatic N) is 1. The number of methoxy groups -OCH3 is 1. The second-order valence-corrected chi connectivity index (χ2v) is 8.81. The molecule has 6 heteroatoms. The van der Waals surface area contributed by atoms with Gasteiger partial charge in [0.05, 0.1) is 12.7 Å². The summed E-state index contributed by atoms with van der Waals surface area (Å²) in [5.74, 6) is 1.29. The zero-order valence-corrected chi connectivity index (χ0v) is 20.1. The van der Waals surface area contributed by atoms with Crippen LogP contribution in [-0.2, 0) is 0 Å². The van der Waals surface area contributed by atoms with Crippen molar-refractivity contribution >= 4 is 38.6 Å². The summed E-state index contributed by atoms with van der Waals surface area (Å²) in [5.41, 5.74) is 5.61. The number of aryl methyl sites for hydroxylation is 1. The summed E-state index contributed by atoms with van der Waals surface area (Å²) in [6.07, 6.45) is 1.07. The molecule has 1 heterocycles. The van der Waals surface area contributed by atoms with Gasteiger partial charge in [-0.25, -0.2) is 4.98 Å². The fraction of sp³-hybridized carbons (Fsp3) is 0.231. The van der Waals surface area contributed by atoms with Gasteiger partial charge in [-0.15, -0.1) is 0 Å². The van der Waals surface area contributed by atoms with Gasteiger partial charge in [0.25, 0.3) is 5.91 Å². The van der Waals surface area contributed by atoms with Crippen LogP contribution in [0.5, 0.6) is 5.75 Å². The Hall–Kier alpha value is -3.12. The van der Waals surface area contributed by atoms with Gasteiger partial charge in [0, 0.05) is 15.7 Å². The standard InChI is InChI=1S/C26H25BrN2O3/c1-5-15(2)17-9-10-23-22(13-17)29-26(32-23)18-7-6-8-20(12-18)28-25(30)21-14-19(27)11-16(3)24(21)31-4/h6-15H,5H2,1-4H3,(H,28,30). The number of benzene rings is 3. The van der Waals surface area contributed by atoms with Crippen LogP contribution in [0.1, 0.15) is 47.7 Å². The van der Waals surface area contributed by atoms with Crippen LogP contribution in [0.3, 0.4) is 0 Å². The van der Waals surface area contributed by atoms with E-state index in [9.17, 15) is 4.79 Å². The minimum Gasteiger partial charge on any atom is -0.496 e. The van der Waals surface area contributed by atoms with Crippen LogP contribution in [0.15, 0.2) is 63.5 Å². The van der Waals surface area contributed by atoms with E-state index in [0.717, 1.165) is 33.1 Å². The molecule has 1 atom stereocenters. The molecule has 0 aliphatic rings. The van der Waals surface area contributed by atoms with E-state index in [1.54, 1.807) is 13.2 Å². The summed E-state index contributed by atoms with van der Waals surface area (Å²) >= 11 is 3.45. The zero-order chi connectivity index (χ0) is 22.8. The van der Waals surface area contributed by atoms with Crippen LogP contribution >= 0.6 is 15.9 Å². The highest BCUT2D eigenvalue weighted by atomic mass is 79.9. The fourth-order valence-electron chi connectivity index (χ4n) is 3.71. The SMILES string of the molecule is CCC(C)c1ccc2oc(-c3cccc(NC(=O)c4cc(Br)cc(C)c4OC)c3)nc2c1. The third kappa shape index (κ3) is 4.41. The molecule has 164 valence electrons. The van der Waals surface area contributed by atoms with Crippen LogP contribution in [0.2, 0.25) is 0 Å². The van der Waals surface area contributed by atoms with Crippen LogP contribution in [0.25, 0.3) is 22.6 Å². The number of carbonyl (C=O) groups is 1. The summed E-state index contributed by atoms with van der Waals surface area (Å²) in [5, 5.41) is 2.95. The molecule has 0 radical (unpaired) electrons. The summed E-state index contributed by atoms with van der Waals surface area (Å²) in [7, 11) is 1.56. The molecule has 4 aromatic rings. The number of rotatable bonds is 6. The summed E-state index contributed by atoms with van der Waals surface area (Å²) < 4.78 is 12.2. The first-order chi connectivity index (χ1) is 15.4. The molecule has 0 spiro atoms. The molecule has 4 rings (SSSR count). The molecule has 1 aromatic heterocycles. The summed E-state index contributed by atoms with van der Waals surface area (Å²) in [4.78, 5) is 17.6. The average molecular weight is 493 g/mol. The lowest BCUT2D eigenvalue weighted by atomic mass is 9.98. The Morgan fingerprint density at radius 1 is 1.19 bits per heavy atom. The maximum atomic E-state index is 13.0. The molecule has 1 amide bonds. The minimum atomic E-state index is -0.251. The van der Waals surface area contributed by atoms with Gasteiger partial charge in [-0.1, -0.05) is 41.9 Å². The van der Waals surface area contributed by atoms with E-state index in [1.165, 1.54) is 5.56 Å². The second kappa shape index (κ2) is 9.17. The summed E-state index contributed by atoms with van der Waals surface area (Å²) in [6, 6.07) is 17.3. The maximum Gasteiger partial charge on any atom is 0.259 e. The quantitative estimate of drug-likeness (QED) is 0.305. The largest absolute Gasteiger partial charge is 0.496 e. The number of fused-ring (bicyclic) bond motifs is 1. The van der Waals surface area contributed by atoms with Gasteiger partial charge in [-0.2, -0.15) is 0 Å². The molecular weight excluding hydrogens is 468 g/mol. The van der Waals surface area contributed by atoms with Crippen molar-refractivity contribution in [3.63, 3.8) is 0 Å². The van der Waals surface area contributed by atoms with Gasteiger partial charge < -0.3 is 14.5 Å². The van der Waals surface area contributed by atoms with Crippen molar-refractivity contribution in [3.8, 4) is 17.2 Å². The van der Waals surface area contributed by atoms with E-state index in [4.69, 9.17) is 9.15 Å². The smallest absolute Gasteiger partial charge is 0.259 e. The highest BCUT2D eigenvalue weighted by Crippen LogP contribution is 2.31. The van der Waals surface area contributed by atoms with E-state index in [-0.39, 0.29) is 5.91 Å². The molecule has 0 aliphatic heterocycles. The Labute approximate surface area is 195 Å². The van der Waals surface area contributed by atoms with Crippen molar-refractivity contribution in [2.24, 2.45) is 0 Å². The number of hydrogen-bond acceptors (Lipinski definition) is 4. The third-order valence-corrected chi connectivity index (χ3v) is 6.11. The van der Waals surface area contributed by atoms with Gasteiger partial charge >= 0.3 is 0 Å². The van der Waals surface area contributed by atoms with Gasteiger partial charge in [-0.05, 0) is 72.9 Å². The highest BCUT2D eigenvalue weighted by molar-refractivity contribution is 9.10. The predicted molar refractivity (Wildman–Crippen MR) is 132 cm³/mol. The Balaban J connectivity index is 1.63. The third-order valence-electron chi connectivity index (χ3n) is 5.65. The molecule has 1 N–H and O–H groups in total. The van der Waals surface area contributed by atoms with Gasteiger partial charge in [0.1, 0.15) is 11.3 Å². The van der Waals surface area contributed by atoms with Gasteiger partial charge in [0.15, 0.2) is 5.58 Å². The molecule has 0 aliphatic carbocycles. The van der Waals surface area contributed by atoms with Gasteiger partial charge in [-0.3, -0.25) is 4.79 Å². The average Bonchev–Trinajstić information content (AvgIpc) is 3.21. The minimum absolute atomic E-state index is 0.251. The molecule has 0 bridgehead atoms. The fourth-order valence-corrected chi connectivity index (χ4v) is 4.28. The number of aromatic nitrogens is 1. The lowest BCUT2D eigenvalue weighted by Crippen LogP contribution is -2.14. The lowest BCUT2D eigenvalue weighted by Gasteiger charge is -2.13. The molecular formula is C26H25BrN2O3. The number of hydrogen-bond donors (Lipinski definition) is 1. The number of nitrogens with one attached hydrogen (secondary N) is 1. The van der Waals surface area contributed by atoms with Gasteiger partial charge in [0.2, 0.25) is 5.89 Å². The number of halogens is 1. The highest BCUT2D eigenvalue weighted by Gasteiger charge is 2.17. The summed E-state index contributed by atoms with van der Waals surface area (Å²) in [6.45, 7) is 6.28.